The molecule has 1 heterocycles. The number of fused-ring (bicyclic) bond motifs is 1. The standard InChI is InChI=1S/C20H27NO2/c1-15-14-21(12-6-9-16-7-4-3-5-8-16)19-13-17(20(22)23-2)10-11-18(15)19/h10-11,13-14,16H,3-9,12H2,1-2H3. The van der Waals surface area contributed by atoms with Gasteiger partial charge in [-0.25, -0.2) is 4.79 Å². The second kappa shape index (κ2) is 7.20. The van der Waals surface area contributed by atoms with E-state index < -0.39 is 0 Å². The lowest BCUT2D eigenvalue weighted by Gasteiger charge is -2.21. The average molecular weight is 313 g/mol. The maximum Gasteiger partial charge on any atom is 0.337 e. The summed E-state index contributed by atoms with van der Waals surface area (Å²) in [5, 5.41) is 1.23. The Labute approximate surface area is 138 Å². The van der Waals surface area contributed by atoms with Crippen LogP contribution in [0.25, 0.3) is 10.9 Å². The number of ether oxygens (including phenoxy) is 1. The van der Waals surface area contributed by atoms with Gasteiger partial charge in [0.05, 0.1) is 12.7 Å². The second-order valence-electron chi connectivity index (χ2n) is 6.88. The summed E-state index contributed by atoms with van der Waals surface area (Å²) in [6.45, 7) is 3.17. The van der Waals surface area contributed by atoms with E-state index >= 15 is 0 Å². The number of aryl methyl sites for hydroxylation is 2. The molecule has 1 aliphatic carbocycles. The van der Waals surface area contributed by atoms with Crippen molar-refractivity contribution in [2.75, 3.05) is 7.11 Å². The lowest BCUT2D eigenvalue weighted by Crippen LogP contribution is -2.08. The Hall–Kier alpha value is -1.77. The highest BCUT2D eigenvalue weighted by atomic mass is 16.5. The Balaban J connectivity index is 1.72. The maximum absolute atomic E-state index is 11.8. The Kier molecular flexibility index (Phi) is 5.04. The molecule has 3 rings (SSSR count). The van der Waals surface area contributed by atoms with Gasteiger partial charge in [0.15, 0.2) is 0 Å². The van der Waals surface area contributed by atoms with Crippen LogP contribution in [0.15, 0.2) is 24.4 Å². The number of rotatable bonds is 5. The van der Waals surface area contributed by atoms with Crippen LogP contribution in [0.5, 0.6) is 0 Å². The molecule has 1 aromatic heterocycles. The maximum atomic E-state index is 11.8. The van der Waals surface area contributed by atoms with Gasteiger partial charge in [-0.05, 0) is 43.4 Å². The zero-order valence-corrected chi connectivity index (χ0v) is 14.3. The summed E-state index contributed by atoms with van der Waals surface area (Å²) in [7, 11) is 1.43. The Bertz CT molecular complexity index is 680. The molecule has 0 atom stereocenters. The first-order valence-corrected chi connectivity index (χ1v) is 8.87. The molecule has 0 aliphatic heterocycles. The zero-order chi connectivity index (χ0) is 16.2. The topological polar surface area (TPSA) is 31.2 Å². The van der Waals surface area contributed by atoms with Crippen molar-refractivity contribution in [3.63, 3.8) is 0 Å². The molecule has 0 amide bonds. The summed E-state index contributed by atoms with van der Waals surface area (Å²) in [4.78, 5) is 11.8. The number of aromatic nitrogens is 1. The van der Waals surface area contributed by atoms with Crippen molar-refractivity contribution in [2.45, 2.75) is 58.4 Å². The molecule has 0 bridgehead atoms. The molecule has 0 saturated heterocycles. The number of carbonyl (C=O) groups is 1. The molecule has 0 spiro atoms. The van der Waals surface area contributed by atoms with E-state index in [1.807, 2.05) is 18.2 Å². The summed E-state index contributed by atoms with van der Waals surface area (Å²) in [5.74, 6) is 0.664. The third-order valence-corrected chi connectivity index (χ3v) is 5.24. The van der Waals surface area contributed by atoms with Gasteiger partial charge in [-0.3, -0.25) is 0 Å². The number of esters is 1. The number of hydrogen-bond donors (Lipinski definition) is 0. The van der Waals surface area contributed by atoms with Gasteiger partial charge in [-0.15, -0.1) is 0 Å². The lowest BCUT2D eigenvalue weighted by molar-refractivity contribution is 0.0601. The molecule has 2 aromatic rings. The fourth-order valence-electron chi connectivity index (χ4n) is 3.93. The van der Waals surface area contributed by atoms with Crippen molar-refractivity contribution in [3.05, 3.63) is 35.5 Å². The van der Waals surface area contributed by atoms with Crippen molar-refractivity contribution in [3.8, 4) is 0 Å². The molecule has 3 nitrogen and oxygen atoms in total. The van der Waals surface area contributed by atoms with Crippen LogP contribution in [-0.4, -0.2) is 17.6 Å². The minimum absolute atomic E-state index is 0.264. The molecular formula is C20H27NO2. The van der Waals surface area contributed by atoms with E-state index in [0.717, 1.165) is 18.0 Å². The monoisotopic (exact) mass is 313 g/mol. The van der Waals surface area contributed by atoms with Gasteiger partial charge in [-0.2, -0.15) is 0 Å². The van der Waals surface area contributed by atoms with Crippen molar-refractivity contribution < 1.29 is 9.53 Å². The third kappa shape index (κ3) is 3.60. The molecule has 1 aliphatic rings. The van der Waals surface area contributed by atoms with E-state index in [2.05, 4.69) is 17.7 Å². The largest absolute Gasteiger partial charge is 0.465 e. The first-order chi connectivity index (χ1) is 11.2. The van der Waals surface area contributed by atoms with E-state index in [1.165, 1.54) is 63.0 Å². The normalized spacial score (nSPS) is 15.9. The molecule has 124 valence electrons. The number of methoxy groups -OCH3 is 1. The molecule has 1 saturated carbocycles. The third-order valence-electron chi connectivity index (χ3n) is 5.24. The fourth-order valence-corrected chi connectivity index (χ4v) is 3.93. The number of carbonyl (C=O) groups excluding carboxylic acids is 1. The zero-order valence-electron chi connectivity index (χ0n) is 14.3. The van der Waals surface area contributed by atoms with Crippen LogP contribution in [0, 0.1) is 12.8 Å². The Morgan fingerprint density at radius 1 is 1.26 bits per heavy atom. The van der Waals surface area contributed by atoms with E-state index in [9.17, 15) is 4.79 Å². The molecule has 1 aromatic carbocycles. The average Bonchev–Trinajstić information content (AvgIpc) is 2.91. The summed E-state index contributed by atoms with van der Waals surface area (Å²) < 4.78 is 7.15. The van der Waals surface area contributed by atoms with Gasteiger partial charge in [0.25, 0.3) is 0 Å². The first-order valence-electron chi connectivity index (χ1n) is 8.87. The van der Waals surface area contributed by atoms with Crippen LogP contribution < -0.4 is 0 Å². The van der Waals surface area contributed by atoms with Crippen LogP contribution in [0.2, 0.25) is 0 Å². The number of hydrogen-bond acceptors (Lipinski definition) is 2. The lowest BCUT2D eigenvalue weighted by atomic mass is 9.86. The van der Waals surface area contributed by atoms with E-state index in [-0.39, 0.29) is 5.97 Å². The SMILES string of the molecule is COC(=O)c1ccc2c(C)cn(CCCC3CCCCC3)c2c1. The smallest absolute Gasteiger partial charge is 0.337 e. The number of benzene rings is 1. The Morgan fingerprint density at radius 3 is 2.78 bits per heavy atom. The van der Waals surface area contributed by atoms with Crippen LogP contribution in [0.3, 0.4) is 0 Å². The predicted molar refractivity (Wildman–Crippen MR) is 93.8 cm³/mol. The van der Waals surface area contributed by atoms with Crippen LogP contribution >= 0.6 is 0 Å². The molecule has 0 N–H and O–H groups in total. The second-order valence-corrected chi connectivity index (χ2v) is 6.88. The van der Waals surface area contributed by atoms with Crippen molar-refractivity contribution in [1.82, 2.24) is 4.57 Å². The van der Waals surface area contributed by atoms with Crippen LogP contribution in [0.1, 0.15) is 60.9 Å². The van der Waals surface area contributed by atoms with Crippen LogP contribution in [0.4, 0.5) is 0 Å². The highest BCUT2D eigenvalue weighted by Crippen LogP contribution is 2.28. The van der Waals surface area contributed by atoms with Gasteiger partial charge in [0.2, 0.25) is 0 Å². The van der Waals surface area contributed by atoms with Crippen LogP contribution in [-0.2, 0) is 11.3 Å². The fraction of sp³-hybridized carbons (Fsp3) is 0.550. The molecular weight excluding hydrogens is 286 g/mol. The van der Waals surface area contributed by atoms with Crippen molar-refractivity contribution in [1.29, 1.82) is 0 Å². The molecule has 1 fully saturated rings. The van der Waals surface area contributed by atoms with Gasteiger partial charge in [-0.1, -0.05) is 38.2 Å². The summed E-state index contributed by atoms with van der Waals surface area (Å²) in [5.41, 5.74) is 3.05. The number of nitrogens with zero attached hydrogens (tertiary/aromatic N) is 1. The molecule has 3 heteroatoms. The first kappa shape index (κ1) is 16.1. The van der Waals surface area contributed by atoms with Gasteiger partial charge in [0.1, 0.15) is 0 Å². The van der Waals surface area contributed by atoms with E-state index in [1.54, 1.807) is 0 Å². The molecule has 0 radical (unpaired) electrons. The summed E-state index contributed by atoms with van der Waals surface area (Å²) in [6.07, 6.45) is 11.8. The molecule has 23 heavy (non-hydrogen) atoms. The van der Waals surface area contributed by atoms with Crippen molar-refractivity contribution in [2.24, 2.45) is 5.92 Å². The minimum Gasteiger partial charge on any atom is -0.465 e. The van der Waals surface area contributed by atoms with Gasteiger partial charge in [0, 0.05) is 23.6 Å². The van der Waals surface area contributed by atoms with Gasteiger partial charge >= 0.3 is 5.97 Å². The predicted octanol–water partition coefficient (Wildman–Crippen LogP) is 5.10. The summed E-state index contributed by atoms with van der Waals surface area (Å²) >= 11 is 0. The molecule has 0 unspecified atom stereocenters. The quantitative estimate of drug-likeness (QED) is 0.719. The van der Waals surface area contributed by atoms with Gasteiger partial charge < -0.3 is 9.30 Å². The minimum atomic E-state index is -0.264. The van der Waals surface area contributed by atoms with Crippen molar-refractivity contribution >= 4 is 16.9 Å². The highest BCUT2D eigenvalue weighted by Gasteiger charge is 2.14. The highest BCUT2D eigenvalue weighted by molar-refractivity contribution is 5.95. The van der Waals surface area contributed by atoms with E-state index in [4.69, 9.17) is 4.74 Å². The summed E-state index contributed by atoms with van der Waals surface area (Å²) in [6, 6.07) is 5.86. The van der Waals surface area contributed by atoms with E-state index in [0.29, 0.717) is 5.56 Å². The Morgan fingerprint density at radius 2 is 2.04 bits per heavy atom.